The second-order valence-electron chi connectivity index (χ2n) is 6.76. The van der Waals surface area contributed by atoms with Gasteiger partial charge in [-0.3, -0.25) is 10.1 Å². The normalized spacial score (nSPS) is 14.9. The molecule has 0 spiro atoms. The Balaban J connectivity index is 1.33. The Bertz CT molecular complexity index is 1140. The first-order valence-electron chi connectivity index (χ1n) is 9.37. The molecule has 4 rings (SSSR count). The van der Waals surface area contributed by atoms with Crippen molar-refractivity contribution in [3.8, 4) is 0 Å². The van der Waals surface area contributed by atoms with Crippen LogP contribution in [0.1, 0.15) is 10.7 Å². The minimum absolute atomic E-state index is 0.0468. The summed E-state index contributed by atoms with van der Waals surface area (Å²) in [6.45, 7) is 1.90. The Kier molecular flexibility index (Phi) is 5.77. The van der Waals surface area contributed by atoms with Gasteiger partial charge < -0.3 is 14.6 Å². The van der Waals surface area contributed by atoms with Crippen molar-refractivity contribution in [3.63, 3.8) is 0 Å². The molecule has 0 atom stereocenters. The van der Waals surface area contributed by atoms with E-state index in [0.29, 0.717) is 43.5 Å². The smallest absolute Gasteiger partial charge is 0.321 e. The van der Waals surface area contributed by atoms with Gasteiger partial charge in [-0.2, -0.15) is 4.31 Å². The first-order chi connectivity index (χ1) is 14.9. The van der Waals surface area contributed by atoms with Gasteiger partial charge in [-0.05, 0) is 24.3 Å². The van der Waals surface area contributed by atoms with Crippen molar-refractivity contribution in [2.24, 2.45) is 0 Å². The molecule has 0 saturated carbocycles. The van der Waals surface area contributed by atoms with Crippen molar-refractivity contribution in [1.82, 2.24) is 24.5 Å². The van der Waals surface area contributed by atoms with Crippen LogP contribution < -0.4 is 15.5 Å². The molecule has 1 aliphatic heterocycles. The highest BCUT2D eigenvalue weighted by molar-refractivity contribution is 7.88. The molecular weight excluding hydrogens is 424 g/mol. The molecule has 0 radical (unpaired) electrons. The summed E-state index contributed by atoms with van der Waals surface area (Å²) in [4.78, 5) is 22.8. The molecule has 31 heavy (non-hydrogen) atoms. The molecule has 3 aromatic heterocycles. The highest BCUT2D eigenvalue weighted by atomic mass is 32.2. The first kappa shape index (κ1) is 20.7. The number of hydrogen-bond acceptors (Lipinski definition) is 10. The van der Waals surface area contributed by atoms with Gasteiger partial charge in [0.1, 0.15) is 11.6 Å². The Morgan fingerprint density at radius 3 is 2.52 bits per heavy atom. The number of piperazine rings is 1. The Morgan fingerprint density at radius 2 is 1.87 bits per heavy atom. The van der Waals surface area contributed by atoms with Crippen LogP contribution in [-0.4, -0.2) is 71.2 Å². The van der Waals surface area contributed by atoms with Crippen LogP contribution in [0.5, 0.6) is 0 Å². The second kappa shape index (κ2) is 8.65. The minimum atomic E-state index is -3.18. The van der Waals surface area contributed by atoms with Gasteiger partial charge in [-0.15, -0.1) is 5.10 Å². The fourth-order valence-corrected chi connectivity index (χ4v) is 3.82. The topological polar surface area (TPSA) is 146 Å². The zero-order chi connectivity index (χ0) is 21.8. The molecule has 13 heteroatoms. The molecule has 1 aliphatic rings. The van der Waals surface area contributed by atoms with Crippen molar-refractivity contribution in [1.29, 1.82) is 0 Å². The molecule has 1 amide bonds. The standard InChI is InChI=1S/C18H20N8O4S/c1-31(28,29)26-10-8-25(9-11-26)15-6-5-13(12-20-15)21-16(27)17-23-24-18(30-17)22-14-4-2-3-7-19-14/h2-7,12H,8-11H2,1H3,(H,21,27)(H,19,22,24). The maximum atomic E-state index is 12.3. The number of aromatic nitrogens is 4. The number of amides is 1. The molecule has 0 bridgehead atoms. The van der Waals surface area contributed by atoms with Crippen molar-refractivity contribution in [2.45, 2.75) is 0 Å². The monoisotopic (exact) mass is 444 g/mol. The number of anilines is 4. The van der Waals surface area contributed by atoms with E-state index in [-0.39, 0.29) is 11.9 Å². The van der Waals surface area contributed by atoms with Gasteiger partial charge in [0.25, 0.3) is 0 Å². The highest BCUT2D eigenvalue weighted by Crippen LogP contribution is 2.18. The molecule has 2 N–H and O–H groups in total. The molecule has 1 saturated heterocycles. The van der Waals surface area contributed by atoms with E-state index in [4.69, 9.17) is 4.42 Å². The van der Waals surface area contributed by atoms with Gasteiger partial charge in [0.15, 0.2) is 0 Å². The summed E-state index contributed by atoms with van der Waals surface area (Å²) in [7, 11) is -3.18. The fraction of sp³-hybridized carbons (Fsp3) is 0.278. The van der Waals surface area contributed by atoms with Crippen LogP contribution in [0.4, 0.5) is 23.3 Å². The Labute approximate surface area is 178 Å². The lowest BCUT2D eigenvalue weighted by Gasteiger charge is -2.33. The van der Waals surface area contributed by atoms with Crippen LogP contribution in [0.2, 0.25) is 0 Å². The molecule has 0 unspecified atom stereocenters. The van der Waals surface area contributed by atoms with E-state index in [1.165, 1.54) is 16.8 Å². The second-order valence-corrected chi connectivity index (χ2v) is 8.74. The van der Waals surface area contributed by atoms with Gasteiger partial charge in [0.2, 0.25) is 10.0 Å². The van der Waals surface area contributed by atoms with Crippen molar-refractivity contribution in [2.75, 3.05) is 48.0 Å². The van der Waals surface area contributed by atoms with E-state index >= 15 is 0 Å². The van der Waals surface area contributed by atoms with E-state index in [0.717, 1.165) is 0 Å². The summed E-state index contributed by atoms with van der Waals surface area (Å²) in [5.41, 5.74) is 0.459. The number of carbonyl (C=O) groups excluding carboxylic acids is 1. The SMILES string of the molecule is CS(=O)(=O)N1CCN(c2ccc(NC(=O)c3nnc(Nc4ccccn4)o3)cn2)CC1. The van der Waals surface area contributed by atoms with Crippen LogP contribution in [0, 0.1) is 0 Å². The molecule has 12 nitrogen and oxygen atoms in total. The van der Waals surface area contributed by atoms with Gasteiger partial charge >= 0.3 is 17.8 Å². The van der Waals surface area contributed by atoms with Crippen molar-refractivity contribution < 1.29 is 17.6 Å². The van der Waals surface area contributed by atoms with E-state index in [2.05, 4.69) is 30.8 Å². The molecule has 0 aromatic carbocycles. The minimum Gasteiger partial charge on any atom is -0.399 e. The molecule has 1 fully saturated rings. The van der Waals surface area contributed by atoms with E-state index in [1.54, 1.807) is 36.5 Å². The number of hydrogen-bond donors (Lipinski definition) is 2. The predicted octanol–water partition coefficient (Wildman–Crippen LogP) is 0.937. The summed E-state index contributed by atoms with van der Waals surface area (Å²) in [6, 6.07) is 8.79. The number of nitrogens with zero attached hydrogens (tertiary/aromatic N) is 6. The van der Waals surface area contributed by atoms with Crippen LogP contribution in [0.15, 0.2) is 47.1 Å². The van der Waals surface area contributed by atoms with Gasteiger partial charge in [0, 0.05) is 32.4 Å². The predicted molar refractivity (Wildman–Crippen MR) is 113 cm³/mol. The average Bonchev–Trinajstić information content (AvgIpc) is 3.23. The largest absolute Gasteiger partial charge is 0.399 e. The lowest BCUT2D eigenvalue weighted by atomic mass is 10.3. The zero-order valence-electron chi connectivity index (χ0n) is 16.6. The van der Waals surface area contributed by atoms with E-state index < -0.39 is 15.9 Å². The van der Waals surface area contributed by atoms with Crippen LogP contribution >= 0.6 is 0 Å². The first-order valence-corrected chi connectivity index (χ1v) is 11.2. The van der Waals surface area contributed by atoms with E-state index in [1.807, 2.05) is 4.90 Å². The number of rotatable bonds is 6. The lowest BCUT2D eigenvalue weighted by molar-refractivity contribution is 0.0991. The Hall–Kier alpha value is -3.58. The molecule has 3 aromatic rings. The van der Waals surface area contributed by atoms with Crippen LogP contribution in [0.3, 0.4) is 0 Å². The summed E-state index contributed by atoms with van der Waals surface area (Å²) >= 11 is 0. The van der Waals surface area contributed by atoms with E-state index in [9.17, 15) is 13.2 Å². The molecular formula is C18H20N8O4S. The third-order valence-corrected chi connectivity index (χ3v) is 5.86. The molecule has 0 aliphatic carbocycles. The van der Waals surface area contributed by atoms with Crippen LogP contribution in [0.25, 0.3) is 0 Å². The van der Waals surface area contributed by atoms with Gasteiger partial charge in [-0.1, -0.05) is 11.2 Å². The third kappa shape index (κ3) is 5.13. The number of carbonyl (C=O) groups is 1. The quantitative estimate of drug-likeness (QED) is 0.563. The maximum absolute atomic E-state index is 12.3. The third-order valence-electron chi connectivity index (χ3n) is 4.56. The summed E-state index contributed by atoms with van der Waals surface area (Å²) in [6.07, 6.45) is 4.33. The average molecular weight is 444 g/mol. The molecule has 162 valence electrons. The van der Waals surface area contributed by atoms with Crippen molar-refractivity contribution >= 4 is 39.3 Å². The van der Waals surface area contributed by atoms with Gasteiger partial charge in [-0.25, -0.2) is 18.4 Å². The van der Waals surface area contributed by atoms with Gasteiger partial charge in [0.05, 0.1) is 18.1 Å². The number of pyridine rings is 2. The zero-order valence-corrected chi connectivity index (χ0v) is 17.4. The Morgan fingerprint density at radius 1 is 1.06 bits per heavy atom. The highest BCUT2D eigenvalue weighted by Gasteiger charge is 2.24. The fourth-order valence-electron chi connectivity index (χ4n) is 2.99. The maximum Gasteiger partial charge on any atom is 0.321 e. The number of nitrogens with one attached hydrogen (secondary N) is 2. The summed E-state index contributed by atoms with van der Waals surface area (Å²) in [5.74, 6) is 0.429. The summed E-state index contributed by atoms with van der Waals surface area (Å²) < 4.78 is 30.0. The summed E-state index contributed by atoms with van der Waals surface area (Å²) in [5, 5.41) is 13.0. The van der Waals surface area contributed by atoms with Crippen LogP contribution in [-0.2, 0) is 10.0 Å². The molecule has 4 heterocycles. The van der Waals surface area contributed by atoms with Crippen molar-refractivity contribution in [3.05, 3.63) is 48.6 Å². The number of sulfonamides is 1. The lowest BCUT2D eigenvalue weighted by Crippen LogP contribution is -2.48.